The lowest BCUT2D eigenvalue weighted by Crippen LogP contribution is -2.01. The summed E-state index contributed by atoms with van der Waals surface area (Å²) >= 11 is 3.18. The van der Waals surface area contributed by atoms with Crippen LogP contribution in [0.2, 0.25) is 0 Å². The van der Waals surface area contributed by atoms with Gasteiger partial charge in [0.15, 0.2) is 0 Å². The first-order valence-corrected chi connectivity index (χ1v) is 5.84. The summed E-state index contributed by atoms with van der Waals surface area (Å²) in [6.45, 7) is 0.921. The van der Waals surface area contributed by atoms with Gasteiger partial charge in [0.25, 0.3) is 0 Å². The summed E-state index contributed by atoms with van der Waals surface area (Å²) < 4.78 is 16.1. The molecule has 0 unspecified atom stereocenters. The molecule has 2 aromatic rings. The van der Waals surface area contributed by atoms with E-state index in [4.69, 9.17) is 0 Å². The van der Waals surface area contributed by atoms with Crippen molar-refractivity contribution in [2.24, 2.45) is 5.92 Å². The minimum absolute atomic E-state index is 0.213. The maximum absolute atomic E-state index is 13.7. The molecule has 1 aromatic heterocycles. The van der Waals surface area contributed by atoms with Crippen LogP contribution in [0.1, 0.15) is 12.8 Å². The molecule has 1 fully saturated rings. The van der Waals surface area contributed by atoms with E-state index in [2.05, 4.69) is 21.0 Å². The molecule has 1 aliphatic rings. The van der Waals surface area contributed by atoms with Crippen molar-refractivity contribution in [2.45, 2.75) is 19.4 Å². The van der Waals surface area contributed by atoms with Crippen LogP contribution in [0.5, 0.6) is 0 Å². The summed E-state index contributed by atoms with van der Waals surface area (Å²) in [5.74, 6) is 0.536. The fourth-order valence-electron chi connectivity index (χ4n) is 1.78. The van der Waals surface area contributed by atoms with Crippen LogP contribution >= 0.6 is 15.9 Å². The molecule has 1 aromatic carbocycles. The first kappa shape index (κ1) is 9.33. The summed E-state index contributed by atoms with van der Waals surface area (Å²) in [6, 6.07) is 3.65. The molecule has 0 amide bonds. The van der Waals surface area contributed by atoms with Crippen LogP contribution in [0.3, 0.4) is 0 Å². The Morgan fingerprint density at radius 1 is 1.47 bits per heavy atom. The first-order chi connectivity index (χ1) is 7.25. The van der Waals surface area contributed by atoms with Crippen molar-refractivity contribution in [2.75, 3.05) is 0 Å². The Kier molecular flexibility index (Phi) is 2.06. The molecule has 0 atom stereocenters. The Hall–Kier alpha value is -0.900. The number of benzene rings is 1. The predicted octanol–water partition coefficient (Wildman–Crippen LogP) is 3.35. The number of rotatable bonds is 2. The number of hydrogen-bond acceptors (Lipinski definition) is 1. The first-order valence-electron chi connectivity index (χ1n) is 5.05. The van der Waals surface area contributed by atoms with E-state index in [0.717, 1.165) is 18.0 Å². The van der Waals surface area contributed by atoms with Gasteiger partial charge < -0.3 is 0 Å². The Bertz CT molecular complexity index is 517. The maximum Gasteiger partial charge on any atom is 0.148 e. The SMILES string of the molecule is Fc1c(Br)ccc2c1cnn2CC1CC1. The highest BCUT2D eigenvalue weighted by Gasteiger charge is 2.23. The molecule has 1 saturated carbocycles. The van der Waals surface area contributed by atoms with Gasteiger partial charge >= 0.3 is 0 Å². The molecule has 15 heavy (non-hydrogen) atoms. The van der Waals surface area contributed by atoms with Gasteiger partial charge in [-0.2, -0.15) is 5.10 Å². The zero-order chi connectivity index (χ0) is 10.4. The third-order valence-corrected chi connectivity index (χ3v) is 3.45. The highest BCUT2D eigenvalue weighted by Crippen LogP contribution is 2.32. The monoisotopic (exact) mass is 268 g/mol. The quantitative estimate of drug-likeness (QED) is 0.817. The minimum atomic E-state index is -0.213. The number of nitrogens with zero attached hydrogens (tertiary/aromatic N) is 2. The summed E-state index contributed by atoms with van der Waals surface area (Å²) in [5, 5.41) is 4.84. The number of fused-ring (bicyclic) bond motifs is 1. The largest absolute Gasteiger partial charge is 0.264 e. The van der Waals surface area contributed by atoms with Gasteiger partial charge in [-0.05, 0) is 46.8 Å². The van der Waals surface area contributed by atoms with Crippen molar-refractivity contribution in [3.8, 4) is 0 Å². The molecule has 0 saturated heterocycles. The molecule has 2 nitrogen and oxygen atoms in total. The van der Waals surface area contributed by atoms with E-state index in [1.807, 2.05) is 10.7 Å². The lowest BCUT2D eigenvalue weighted by Gasteiger charge is -2.02. The van der Waals surface area contributed by atoms with E-state index in [0.29, 0.717) is 9.86 Å². The second-order valence-corrected chi connectivity index (χ2v) is 4.92. The van der Waals surface area contributed by atoms with Gasteiger partial charge in [0.2, 0.25) is 0 Å². The predicted molar refractivity (Wildman–Crippen MR) is 60.1 cm³/mol. The van der Waals surface area contributed by atoms with Gasteiger partial charge in [-0.3, -0.25) is 4.68 Å². The zero-order valence-electron chi connectivity index (χ0n) is 8.08. The standard InChI is InChI=1S/C11H10BrFN2/c12-9-3-4-10-8(11(9)13)5-14-15(10)6-7-1-2-7/h3-5,7H,1-2,6H2. The second-order valence-electron chi connectivity index (χ2n) is 4.06. The van der Waals surface area contributed by atoms with Crippen molar-refractivity contribution in [1.29, 1.82) is 0 Å². The topological polar surface area (TPSA) is 17.8 Å². The summed E-state index contributed by atoms with van der Waals surface area (Å²) in [4.78, 5) is 0. The molecule has 1 heterocycles. The van der Waals surface area contributed by atoms with E-state index in [1.54, 1.807) is 12.3 Å². The van der Waals surface area contributed by atoms with E-state index in [-0.39, 0.29) is 5.82 Å². The Balaban J connectivity index is 2.12. The van der Waals surface area contributed by atoms with E-state index >= 15 is 0 Å². The summed E-state index contributed by atoms with van der Waals surface area (Å²) in [5.41, 5.74) is 0.891. The summed E-state index contributed by atoms with van der Waals surface area (Å²) in [7, 11) is 0. The van der Waals surface area contributed by atoms with Crippen LogP contribution in [-0.4, -0.2) is 9.78 Å². The van der Waals surface area contributed by atoms with Crippen LogP contribution in [0.15, 0.2) is 22.8 Å². The van der Waals surface area contributed by atoms with E-state index in [1.165, 1.54) is 12.8 Å². The van der Waals surface area contributed by atoms with Gasteiger partial charge in [-0.1, -0.05) is 0 Å². The molecule has 78 valence electrons. The Morgan fingerprint density at radius 2 is 2.27 bits per heavy atom. The van der Waals surface area contributed by atoms with Crippen LogP contribution in [-0.2, 0) is 6.54 Å². The van der Waals surface area contributed by atoms with Crippen LogP contribution < -0.4 is 0 Å². The lowest BCUT2D eigenvalue weighted by molar-refractivity contribution is 0.580. The molecule has 0 aliphatic heterocycles. The van der Waals surface area contributed by atoms with E-state index in [9.17, 15) is 4.39 Å². The molecule has 4 heteroatoms. The smallest absolute Gasteiger partial charge is 0.148 e. The van der Waals surface area contributed by atoms with E-state index < -0.39 is 0 Å². The van der Waals surface area contributed by atoms with Crippen molar-refractivity contribution in [3.63, 3.8) is 0 Å². The normalized spacial score (nSPS) is 16.1. The molecule has 1 aliphatic carbocycles. The van der Waals surface area contributed by atoms with Crippen molar-refractivity contribution >= 4 is 26.8 Å². The number of halogens is 2. The van der Waals surface area contributed by atoms with Crippen LogP contribution in [0, 0.1) is 11.7 Å². The Labute approximate surface area is 95.2 Å². The van der Waals surface area contributed by atoms with Crippen molar-refractivity contribution < 1.29 is 4.39 Å². The van der Waals surface area contributed by atoms with Crippen LogP contribution in [0.25, 0.3) is 10.9 Å². The third kappa shape index (κ3) is 1.57. The number of hydrogen-bond donors (Lipinski definition) is 0. The van der Waals surface area contributed by atoms with Gasteiger partial charge in [-0.25, -0.2) is 4.39 Å². The van der Waals surface area contributed by atoms with Gasteiger partial charge in [0, 0.05) is 6.54 Å². The minimum Gasteiger partial charge on any atom is -0.264 e. The highest BCUT2D eigenvalue weighted by atomic mass is 79.9. The molecule has 0 bridgehead atoms. The average Bonchev–Trinajstić information content (AvgIpc) is 2.93. The fraction of sp³-hybridized carbons (Fsp3) is 0.364. The molecule has 0 spiro atoms. The molecule has 0 N–H and O–H groups in total. The van der Waals surface area contributed by atoms with Crippen LogP contribution in [0.4, 0.5) is 4.39 Å². The maximum atomic E-state index is 13.7. The highest BCUT2D eigenvalue weighted by molar-refractivity contribution is 9.10. The zero-order valence-corrected chi connectivity index (χ0v) is 9.67. The van der Waals surface area contributed by atoms with Crippen molar-refractivity contribution in [1.82, 2.24) is 9.78 Å². The lowest BCUT2D eigenvalue weighted by atomic mass is 10.2. The molecule has 3 rings (SSSR count). The van der Waals surface area contributed by atoms with Gasteiger partial charge in [0.05, 0.1) is 21.6 Å². The Morgan fingerprint density at radius 3 is 3.00 bits per heavy atom. The molecular formula is C11H10BrFN2. The fourth-order valence-corrected chi connectivity index (χ4v) is 2.13. The average molecular weight is 269 g/mol. The number of aromatic nitrogens is 2. The second kappa shape index (κ2) is 3.30. The third-order valence-electron chi connectivity index (χ3n) is 2.84. The summed E-state index contributed by atoms with van der Waals surface area (Å²) in [6.07, 6.45) is 4.17. The van der Waals surface area contributed by atoms with Gasteiger partial charge in [-0.15, -0.1) is 0 Å². The molecular weight excluding hydrogens is 259 g/mol. The van der Waals surface area contributed by atoms with Crippen molar-refractivity contribution in [3.05, 3.63) is 28.6 Å². The van der Waals surface area contributed by atoms with Gasteiger partial charge in [0.1, 0.15) is 5.82 Å². The molecule has 0 radical (unpaired) electrons.